The quantitative estimate of drug-likeness (QED) is 0.938. The van der Waals surface area contributed by atoms with E-state index in [4.69, 9.17) is 0 Å². The van der Waals surface area contributed by atoms with E-state index in [1.54, 1.807) is 17.4 Å². The number of carbonyl (C=O) groups is 1. The summed E-state index contributed by atoms with van der Waals surface area (Å²) < 4.78 is 0.812. The zero-order valence-electron chi connectivity index (χ0n) is 9.94. The van der Waals surface area contributed by atoms with Crippen molar-refractivity contribution >= 4 is 33.2 Å². The Morgan fingerprint density at radius 2 is 2.22 bits per heavy atom. The number of benzene rings is 1. The number of aryl methyl sites for hydroxylation is 1. The van der Waals surface area contributed by atoms with E-state index in [-0.39, 0.29) is 5.91 Å². The largest absolute Gasteiger partial charge is 0.352 e. The van der Waals surface area contributed by atoms with Gasteiger partial charge < -0.3 is 5.32 Å². The number of thiazole rings is 1. The van der Waals surface area contributed by atoms with Crippen LogP contribution in [0.5, 0.6) is 0 Å². The molecule has 1 aromatic carbocycles. The van der Waals surface area contributed by atoms with Gasteiger partial charge in [0.25, 0.3) is 5.91 Å². The Morgan fingerprint density at radius 1 is 1.44 bits per heavy atom. The third kappa shape index (κ3) is 3.40. The van der Waals surface area contributed by atoms with Crippen LogP contribution in [-0.4, -0.2) is 17.4 Å². The number of amides is 1. The smallest absolute Gasteiger partial charge is 0.252 e. The number of halogens is 1. The summed E-state index contributed by atoms with van der Waals surface area (Å²) in [6.07, 6.45) is 0.764. The second-order valence-corrected chi connectivity index (χ2v) is 5.76. The first-order valence-electron chi connectivity index (χ1n) is 5.60. The highest BCUT2D eigenvalue weighted by molar-refractivity contribution is 9.10. The zero-order chi connectivity index (χ0) is 13.0. The molecule has 18 heavy (non-hydrogen) atoms. The fourth-order valence-corrected chi connectivity index (χ4v) is 2.68. The van der Waals surface area contributed by atoms with Gasteiger partial charge in [0.2, 0.25) is 0 Å². The standard InChI is InChI=1S/C13H13BrN2OS/c1-9-16-10(8-18-9)6-7-15-13(17)11-4-2-3-5-12(11)14/h2-5,8H,6-7H2,1H3,(H,15,17). The van der Waals surface area contributed by atoms with E-state index in [1.165, 1.54) is 0 Å². The van der Waals surface area contributed by atoms with Crippen LogP contribution in [0.1, 0.15) is 21.1 Å². The first kappa shape index (κ1) is 13.2. The third-order valence-electron chi connectivity index (χ3n) is 2.45. The highest BCUT2D eigenvalue weighted by Gasteiger charge is 2.08. The maximum Gasteiger partial charge on any atom is 0.252 e. The monoisotopic (exact) mass is 324 g/mol. The van der Waals surface area contributed by atoms with Crippen molar-refractivity contribution in [3.63, 3.8) is 0 Å². The second kappa shape index (κ2) is 6.11. The molecule has 0 saturated carbocycles. The van der Waals surface area contributed by atoms with Crippen LogP contribution in [0.3, 0.4) is 0 Å². The fourth-order valence-electron chi connectivity index (χ4n) is 1.57. The van der Waals surface area contributed by atoms with Crippen LogP contribution in [0.15, 0.2) is 34.1 Å². The summed E-state index contributed by atoms with van der Waals surface area (Å²) in [5.41, 5.74) is 1.69. The molecule has 2 rings (SSSR count). The zero-order valence-corrected chi connectivity index (χ0v) is 12.3. The minimum Gasteiger partial charge on any atom is -0.352 e. The van der Waals surface area contributed by atoms with Gasteiger partial charge in [-0.25, -0.2) is 4.98 Å². The van der Waals surface area contributed by atoms with E-state index in [0.29, 0.717) is 12.1 Å². The molecular weight excluding hydrogens is 312 g/mol. The number of hydrogen-bond acceptors (Lipinski definition) is 3. The molecule has 0 saturated heterocycles. The maximum absolute atomic E-state index is 11.9. The predicted molar refractivity (Wildman–Crippen MR) is 77.0 cm³/mol. The van der Waals surface area contributed by atoms with Gasteiger partial charge in [-0.2, -0.15) is 0 Å². The minimum atomic E-state index is -0.0607. The van der Waals surface area contributed by atoms with Crippen LogP contribution in [0.4, 0.5) is 0 Å². The average molecular weight is 325 g/mol. The molecule has 1 heterocycles. The lowest BCUT2D eigenvalue weighted by molar-refractivity contribution is 0.0953. The number of rotatable bonds is 4. The van der Waals surface area contributed by atoms with Crippen molar-refractivity contribution in [3.8, 4) is 0 Å². The fraction of sp³-hybridized carbons (Fsp3) is 0.231. The van der Waals surface area contributed by atoms with Crippen LogP contribution >= 0.6 is 27.3 Å². The number of aromatic nitrogens is 1. The first-order chi connectivity index (χ1) is 8.66. The van der Waals surface area contributed by atoms with Crippen molar-refractivity contribution in [2.24, 2.45) is 0 Å². The van der Waals surface area contributed by atoms with E-state index >= 15 is 0 Å². The Hall–Kier alpha value is -1.20. The predicted octanol–water partition coefficient (Wildman–Crippen LogP) is 3.19. The molecule has 1 N–H and O–H groups in total. The molecule has 1 amide bonds. The van der Waals surface area contributed by atoms with Gasteiger partial charge in [0.05, 0.1) is 16.3 Å². The number of carbonyl (C=O) groups excluding carboxylic acids is 1. The molecule has 0 bridgehead atoms. The number of nitrogens with one attached hydrogen (secondary N) is 1. The van der Waals surface area contributed by atoms with Crippen molar-refractivity contribution in [2.45, 2.75) is 13.3 Å². The molecular formula is C13H13BrN2OS. The van der Waals surface area contributed by atoms with Crippen molar-refractivity contribution < 1.29 is 4.79 Å². The summed E-state index contributed by atoms with van der Waals surface area (Å²) in [4.78, 5) is 16.3. The summed E-state index contributed by atoms with van der Waals surface area (Å²) in [7, 11) is 0. The van der Waals surface area contributed by atoms with Crippen molar-refractivity contribution in [1.29, 1.82) is 0 Å². The molecule has 0 atom stereocenters. The summed E-state index contributed by atoms with van der Waals surface area (Å²) >= 11 is 5.00. The van der Waals surface area contributed by atoms with Gasteiger partial charge >= 0.3 is 0 Å². The van der Waals surface area contributed by atoms with Gasteiger partial charge in [0.1, 0.15) is 0 Å². The highest BCUT2D eigenvalue weighted by atomic mass is 79.9. The molecule has 2 aromatic rings. The van der Waals surface area contributed by atoms with Gasteiger partial charge in [-0.05, 0) is 35.0 Å². The topological polar surface area (TPSA) is 42.0 Å². The van der Waals surface area contributed by atoms with Crippen LogP contribution in [-0.2, 0) is 6.42 Å². The molecule has 0 aliphatic heterocycles. The Balaban J connectivity index is 1.87. The van der Waals surface area contributed by atoms with Crippen molar-refractivity contribution in [2.75, 3.05) is 6.54 Å². The number of nitrogens with zero attached hydrogens (tertiary/aromatic N) is 1. The van der Waals surface area contributed by atoms with E-state index in [0.717, 1.165) is 21.6 Å². The maximum atomic E-state index is 11.9. The normalized spacial score (nSPS) is 10.3. The molecule has 0 spiro atoms. The van der Waals surface area contributed by atoms with Gasteiger partial charge in [0, 0.05) is 22.8 Å². The second-order valence-electron chi connectivity index (χ2n) is 3.84. The first-order valence-corrected chi connectivity index (χ1v) is 7.28. The molecule has 0 aliphatic rings. The summed E-state index contributed by atoms with van der Waals surface area (Å²) in [6, 6.07) is 7.40. The Labute approximate surface area is 118 Å². The van der Waals surface area contributed by atoms with Gasteiger partial charge in [-0.1, -0.05) is 12.1 Å². The van der Waals surface area contributed by atoms with Gasteiger partial charge in [-0.3, -0.25) is 4.79 Å². The Bertz CT molecular complexity index is 553. The molecule has 0 unspecified atom stereocenters. The Morgan fingerprint density at radius 3 is 2.89 bits per heavy atom. The van der Waals surface area contributed by atoms with Crippen LogP contribution < -0.4 is 5.32 Å². The molecule has 5 heteroatoms. The number of hydrogen-bond donors (Lipinski definition) is 1. The van der Waals surface area contributed by atoms with E-state index < -0.39 is 0 Å². The lowest BCUT2D eigenvalue weighted by Crippen LogP contribution is -2.26. The Kier molecular flexibility index (Phi) is 4.49. The minimum absolute atomic E-state index is 0.0607. The highest BCUT2D eigenvalue weighted by Crippen LogP contribution is 2.15. The van der Waals surface area contributed by atoms with E-state index in [9.17, 15) is 4.79 Å². The third-order valence-corrected chi connectivity index (χ3v) is 3.97. The average Bonchev–Trinajstić information content (AvgIpc) is 2.75. The van der Waals surface area contributed by atoms with E-state index in [1.807, 2.05) is 30.5 Å². The molecule has 1 aromatic heterocycles. The molecule has 0 radical (unpaired) electrons. The van der Waals surface area contributed by atoms with Gasteiger partial charge in [-0.15, -0.1) is 11.3 Å². The lowest BCUT2D eigenvalue weighted by Gasteiger charge is -2.05. The van der Waals surface area contributed by atoms with Crippen molar-refractivity contribution in [1.82, 2.24) is 10.3 Å². The van der Waals surface area contributed by atoms with E-state index in [2.05, 4.69) is 26.2 Å². The lowest BCUT2D eigenvalue weighted by atomic mass is 10.2. The van der Waals surface area contributed by atoms with Crippen LogP contribution in [0.2, 0.25) is 0 Å². The summed E-state index contributed by atoms with van der Waals surface area (Å²) in [5.74, 6) is -0.0607. The van der Waals surface area contributed by atoms with Crippen LogP contribution in [0.25, 0.3) is 0 Å². The molecule has 0 fully saturated rings. The summed E-state index contributed by atoms with van der Waals surface area (Å²) in [6.45, 7) is 2.58. The SMILES string of the molecule is Cc1nc(CCNC(=O)c2ccccc2Br)cs1. The summed E-state index contributed by atoms with van der Waals surface area (Å²) in [5, 5.41) is 5.98. The van der Waals surface area contributed by atoms with Crippen LogP contribution in [0, 0.1) is 6.92 Å². The van der Waals surface area contributed by atoms with Crippen molar-refractivity contribution in [3.05, 3.63) is 50.4 Å². The molecule has 0 aliphatic carbocycles. The molecule has 94 valence electrons. The van der Waals surface area contributed by atoms with Gasteiger partial charge in [0.15, 0.2) is 0 Å². The molecule has 3 nitrogen and oxygen atoms in total.